The standard InChI is InChI=1S/C58H60N6O11S2/c1-34(37-11-13-38(14-12-37)52-35(2)59-33-76-52)61-56(71)47-28-44(67)31-64(47)57(72)54(58(3,4)5)62-49(68)32-74-24-23-73-25-26-75-45-20-9-36(10-21-45)30-60-63-55(70)41-8-6-7-40(27-41)51(69)50-46-22-19-43(66)29-48(46)77-53(50)39-15-17-42(65)18-16-39/h6-22,27,29-30,33-34,44,47,54,65-67H,23-26,28,31-32H2,1-5H3,(H,61,71)(H,62,68)(H,63,70)/b60-30+/t34-,44+,47-,54+/m0/s1. The molecule has 1 aliphatic rings. The van der Waals surface area contributed by atoms with E-state index in [1.165, 1.54) is 34.6 Å². The summed E-state index contributed by atoms with van der Waals surface area (Å²) in [4.78, 5) is 75.5. The Morgan fingerprint density at radius 1 is 0.818 bits per heavy atom. The van der Waals surface area contributed by atoms with Gasteiger partial charge in [-0.2, -0.15) is 5.10 Å². The van der Waals surface area contributed by atoms with Gasteiger partial charge in [-0.3, -0.25) is 24.0 Å². The minimum absolute atomic E-state index is 0.0444. The molecule has 0 spiro atoms. The number of ketones is 1. The van der Waals surface area contributed by atoms with Crippen LogP contribution in [0.1, 0.15) is 83.3 Å². The van der Waals surface area contributed by atoms with Gasteiger partial charge in [0.1, 0.15) is 42.5 Å². The fraction of sp³-hybridized carbons (Fsp3) is 0.293. The zero-order valence-electron chi connectivity index (χ0n) is 43.1. The summed E-state index contributed by atoms with van der Waals surface area (Å²) in [5.41, 5.74) is 8.79. The topological polar surface area (TPSA) is 238 Å². The molecule has 1 saturated heterocycles. The predicted molar refractivity (Wildman–Crippen MR) is 295 cm³/mol. The summed E-state index contributed by atoms with van der Waals surface area (Å²) in [6.45, 7) is 9.64. The Labute approximate surface area is 453 Å². The highest BCUT2D eigenvalue weighted by molar-refractivity contribution is 7.22. The monoisotopic (exact) mass is 1080 g/mol. The molecule has 8 rings (SSSR count). The number of thiophene rings is 1. The highest BCUT2D eigenvalue weighted by atomic mass is 32.1. The van der Waals surface area contributed by atoms with Gasteiger partial charge in [0.2, 0.25) is 17.7 Å². The number of aryl methyl sites for hydroxylation is 1. The number of carbonyl (C=O) groups excluding carboxylic acids is 5. The molecule has 0 saturated carbocycles. The Morgan fingerprint density at radius 3 is 2.21 bits per heavy atom. The molecule has 4 atom stereocenters. The van der Waals surface area contributed by atoms with E-state index in [-0.39, 0.29) is 80.5 Å². The summed E-state index contributed by atoms with van der Waals surface area (Å²) in [5, 5.41) is 41.2. The van der Waals surface area contributed by atoms with Gasteiger partial charge >= 0.3 is 0 Å². The Kier molecular flexibility index (Phi) is 17.9. The molecule has 0 bridgehead atoms. The zero-order valence-corrected chi connectivity index (χ0v) is 44.8. The summed E-state index contributed by atoms with van der Waals surface area (Å²) in [6, 6.07) is 30.3. The van der Waals surface area contributed by atoms with E-state index in [2.05, 4.69) is 26.1 Å². The van der Waals surface area contributed by atoms with E-state index in [1.807, 2.05) is 58.9 Å². The summed E-state index contributed by atoms with van der Waals surface area (Å²) in [5.74, 6) is -1.47. The van der Waals surface area contributed by atoms with Crippen LogP contribution in [0.2, 0.25) is 0 Å². The van der Waals surface area contributed by atoms with Crippen LogP contribution in [-0.2, 0) is 23.9 Å². The number of hydrazone groups is 1. The summed E-state index contributed by atoms with van der Waals surface area (Å²) in [6.07, 6.45) is 0.641. The molecule has 400 valence electrons. The number of nitrogens with one attached hydrogen (secondary N) is 3. The van der Waals surface area contributed by atoms with Crippen LogP contribution >= 0.6 is 22.7 Å². The van der Waals surface area contributed by atoms with Gasteiger partial charge in [0.25, 0.3) is 5.91 Å². The lowest BCUT2D eigenvalue weighted by atomic mass is 9.85. The Balaban J connectivity index is 0.738. The van der Waals surface area contributed by atoms with Gasteiger partial charge in [0.05, 0.1) is 54.3 Å². The Morgan fingerprint density at radius 2 is 1.49 bits per heavy atom. The zero-order chi connectivity index (χ0) is 54.8. The van der Waals surface area contributed by atoms with Gasteiger partial charge in [-0.05, 0) is 120 Å². The molecule has 2 aromatic heterocycles. The summed E-state index contributed by atoms with van der Waals surface area (Å²) in [7, 11) is 0. The first-order valence-corrected chi connectivity index (χ1v) is 26.6. The maximum atomic E-state index is 14.1. The molecule has 77 heavy (non-hydrogen) atoms. The highest BCUT2D eigenvalue weighted by Crippen LogP contribution is 2.42. The molecule has 0 radical (unpaired) electrons. The molecule has 6 N–H and O–H groups in total. The van der Waals surface area contributed by atoms with Gasteiger partial charge < -0.3 is 45.1 Å². The molecular formula is C58H60N6O11S2. The van der Waals surface area contributed by atoms with E-state index in [0.29, 0.717) is 31.8 Å². The second-order valence-corrected chi connectivity index (χ2v) is 21.5. The molecule has 19 heteroatoms. The first kappa shape index (κ1) is 55.4. The van der Waals surface area contributed by atoms with Crippen molar-refractivity contribution in [1.82, 2.24) is 25.9 Å². The van der Waals surface area contributed by atoms with Crippen LogP contribution < -0.4 is 20.8 Å². The molecule has 4 amide bonds. The van der Waals surface area contributed by atoms with Gasteiger partial charge in [-0.25, -0.2) is 10.4 Å². The lowest BCUT2D eigenvalue weighted by molar-refractivity contribution is -0.144. The normalized spacial score (nSPS) is 15.3. The number of hydrogen-bond donors (Lipinski definition) is 6. The molecule has 5 aromatic carbocycles. The number of phenolic OH excluding ortho intramolecular Hbond substituents is 2. The average molecular weight is 1080 g/mol. The van der Waals surface area contributed by atoms with Crippen LogP contribution in [0.25, 0.3) is 31.0 Å². The van der Waals surface area contributed by atoms with Crippen LogP contribution in [-0.4, -0.2) is 119 Å². The van der Waals surface area contributed by atoms with E-state index in [0.717, 1.165) is 27.3 Å². The van der Waals surface area contributed by atoms with Crippen molar-refractivity contribution in [3.8, 4) is 38.1 Å². The Bertz CT molecular complexity index is 3260. The van der Waals surface area contributed by atoms with Crippen molar-refractivity contribution in [3.05, 3.63) is 154 Å². The number of aliphatic hydroxyl groups is 1. The second-order valence-electron chi connectivity index (χ2n) is 19.6. The number of thiazole rings is 1. The van der Waals surface area contributed by atoms with Crippen LogP contribution in [0.5, 0.6) is 17.2 Å². The number of amides is 4. The fourth-order valence-corrected chi connectivity index (χ4v) is 10.8. The van der Waals surface area contributed by atoms with Crippen LogP contribution in [0.3, 0.4) is 0 Å². The lowest BCUT2D eigenvalue weighted by Crippen LogP contribution is -2.58. The van der Waals surface area contributed by atoms with E-state index in [4.69, 9.17) is 14.2 Å². The number of likely N-dealkylation sites (tertiary alicyclic amines) is 1. The molecule has 0 unspecified atom stereocenters. The predicted octanol–water partition coefficient (Wildman–Crippen LogP) is 8.19. The first-order valence-electron chi connectivity index (χ1n) is 24.9. The number of nitrogens with zero attached hydrogens (tertiary/aromatic N) is 3. The third-order valence-electron chi connectivity index (χ3n) is 12.8. The molecule has 3 heterocycles. The Hall–Kier alpha value is -7.81. The van der Waals surface area contributed by atoms with Crippen molar-refractivity contribution < 1.29 is 53.5 Å². The smallest absolute Gasteiger partial charge is 0.271 e. The van der Waals surface area contributed by atoms with Crippen molar-refractivity contribution in [1.29, 1.82) is 0 Å². The number of hydrogen-bond acceptors (Lipinski definition) is 15. The largest absolute Gasteiger partial charge is 0.508 e. The number of fused-ring (bicyclic) bond motifs is 1. The van der Waals surface area contributed by atoms with Crippen LogP contribution in [0.4, 0.5) is 0 Å². The molecular weight excluding hydrogens is 1020 g/mol. The number of aromatic hydroxyl groups is 2. The number of carbonyl (C=O) groups is 5. The van der Waals surface area contributed by atoms with E-state index in [9.17, 15) is 39.3 Å². The minimum atomic E-state index is -1.00. The van der Waals surface area contributed by atoms with Crippen molar-refractivity contribution >= 4 is 68.4 Å². The number of ether oxygens (including phenoxy) is 3. The third kappa shape index (κ3) is 14.0. The van der Waals surface area contributed by atoms with Gasteiger partial charge in [0, 0.05) is 44.6 Å². The minimum Gasteiger partial charge on any atom is -0.508 e. The quantitative estimate of drug-likeness (QED) is 0.0173. The SMILES string of the molecule is Cc1ncsc1-c1ccc([C@H](C)NC(=O)[C@@H]2C[C@@H](O)CN2C(=O)[C@@H](NC(=O)COCCOCCOc2ccc(/C=N/NC(=O)c3cccc(C(=O)c4c(-c5ccc(O)cc5)sc5cc(O)ccc45)c3)cc2)C(C)(C)C)cc1. The number of phenols is 2. The number of benzene rings is 5. The van der Waals surface area contributed by atoms with Crippen LogP contribution in [0, 0.1) is 12.3 Å². The van der Waals surface area contributed by atoms with E-state index in [1.54, 1.807) is 95.7 Å². The van der Waals surface area contributed by atoms with E-state index >= 15 is 0 Å². The number of β-amino-alcohol motifs (C(OH)–C–C–N with tert-alkyl or cyclic N) is 1. The molecule has 1 fully saturated rings. The highest BCUT2D eigenvalue weighted by Gasteiger charge is 2.44. The summed E-state index contributed by atoms with van der Waals surface area (Å²) < 4.78 is 17.7. The molecule has 17 nitrogen and oxygen atoms in total. The molecule has 1 aliphatic heterocycles. The maximum absolute atomic E-state index is 14.1. The van der Waals surface area contributed by atoms with Crippen LogP contribution in [0.15, 0.2) is 126 Å². The maximum Gasteiger partial charge on any atom is 0.271 e. The second kappa shape index (κ2) is 24.9. The first-order chi connectivity index (χ1) is 36.9. The van der Waals surface area contributed by atoms with Crippen molar-refractivity contribution in [2.75, 3.05) is 39.6 Å². The van der Waals surface area contributed by atoms with Gasteiger partial charge in [-0.15, -0.1) is 22.7 Å². The number of aromatic nitrogens is 1. The third-order valence-corrected chi connectivity index (χ3v) is 15.0. The fourth-order valence-electron chi connectivity index (χ4n) is 8.77. The average Bonchev–Trinajstić information content (AvgIpc) is 4.18. The number of rotatable bonds is 21. The molecule has 7 aromatic rings. The lowest BCUT2D eigenvalue weighted by Gasteiger charge is -2.35. The van der Waals surface area contributed by atoms with Gasteiger partial charge in [-0.1, -0.05) is 57.2 Å². The van der Waals surface area contributed by atoms with Crippen molar-refractivity contribution in [2.24, 2.45) is 10.5 Å². The number of aliphatic hydroxyl groups excluding tert-OH is 1. The van der Waals surface area contributed by atoms with E-state index < -0.39 is 47.2 Å². The van der Waals surface area contributed by atoms with Gasteiger partial charge in [0.15, 0.2) is 5.78 Å². The molecule has 0 aliphatic carbocycles. The summed E-state index contributed by atoms with van der Waals surface area (Å²) >= 11 is 2.91. The van der Waals surface area contributed by atoms with Crippen molar-refractivity contribution in [2.45, 2.75) is 65.3 Å². The van der Waals surface area contributed by atoms with Crippen molar-refractivity contribution in [3.63, 3.8) is 0 Å².